The van der Waals surface area contributed by atoms with Gasteiger partial charge in [-0.05, 0) is 35.4 Å². The van der Waals surface area contributed by atoms with E-state index in [1.54, 1.807) is 6.07 Å². The van der Waals surface area contributed by atoms with Crippen molar-refractivity contribution in [3.8, 4) is 6.07 Å². The summed E-state index contributed by atoms with van der Waals surface area (Å²) in [5, 5.41) is 9.78. The zero-order chi connectivity index (χ0) is 14.0. The molecule has 1 heterocycles. The van der Waals surface area contributed by atoms with Crippen LogP contribution in [0.15, 0.2) is 34.9 Å². The maximum absolute atomic E-state index is 12.2. The molecule has 1 aromatic carbocycles. The first-order valence-corrected chi connectivity index (χ1v) is 6.29. The fourth-order valence-electron chi connectivity index (χ4n) is 1.60. The number of carbonyl (C=O) groups is 1. The third-order valence-electron chi connectivity index (χ3n) is 2.55. The van der Waals surface area contributed by atoms with E-state index in [1.807, 2.05) is 6.07 Å². The van der Waals surface area contributed by atoms with E-state index in [9.17, 15) is 10.1 Å². The number of ketones is 1. The van der Waals surface area contributed by atoms with Crippen LogP contribution in [0.5, 0.6) is 0 Å². The molecular weight excluding hydrogens is 309 g/mol. The Bertz CT molecular complexity index is 673. The Kier molecular flexibility index (Phi) is 4.16. The molecule has 6 heteroatoms. The van der Waals surface area contributed by atoms with Gasteiger partial charge in [0.15, 0.2) is 5.78 Å². The van der Waals surface area contributed by atoms with Gasteiger partial charge in [-0.25, -0.2) is 0 Å². The lowest BCUT2D eigenvalue weighted by molar-refractivity contribution is 0.0978. The summed E-state index contributed by atoms with van der Waals surface area (Å²) in [4.78, 5) is 12.2. The maximum atomic E-state index is 12.2. The molecular formula is C13H6Cl3NO2. The van der Waals surface area contributed by atoms with Crippen LogP contribution in [0.2, 0.25) is 15.3 Å². The highest BCUT2D eigenvalue weighted by molar-refractivity contribution is 6.42. The summed E-state index contributed by atoms with van der Waals surface area (Å²) in [6, 6.07) is 7.95. The number of carbonyl (C=O) groups excluding carboxylic acids is 1. The third-order valence-corrected chi connectivity index (χ3v) is 3.58. The summed E-state index contributed by atoms with van der Waals surface area (Å²) >= 11 is 17.4. The van der Waals surface area contributed by atoms with E-state index in [2.05, 4.69) is 0 Å². The second kappa shape index (κ2) is 5.66. The highest BCUT2D eigenvalue weighted by Crippen LogP contribution is 2.30. The first-order valence-electron chi connectivity index (χ1n) is 5.16. The van der Waals surface area contributed by atoms with Crippen LogP contribution in [0.1, 0.15) is 21.8 Å². The lowest BCUT2D eigenvalue weighted by atomic mass is 9.93. The van der Waals surface area contributed by atoms with E-state index in [-0.39, 0.29) is 15.8 Å². The van der Waals surface area contributed by atoms with E-state index in [1.165, 1.54) is 24.5 Å². The first kappa shape index (κ1) is 14.0. The van der Waals surface area contributed by atoms with Gasteiger partial charge in [-0.3, -0.25) is 4.79 Å². The van der Waals surface area contributed by atoms with Gasteiger partial charge in [0.25, 0.3) is 0 Å². The van der Waals surface area contributed by atoms with Gasteiger partial charge in [0, 0.05) is 0 Å². The molecule has 1 unspecified atom stereocenters. The second-order valence-corrected chi connectivity index (χ2v) is 4.87. The summed E-state index contributed by atoms with van der Waals surface area (Å²) in [6.07, 6.45) is 1.29. The molecule has 0 spiro atoms. The van der Waals surface area contributed by atoms with E-state index < -0.39 is 11.7 Å². The number of nitrogens with zero attached hydrogens (tertiary/aromatic N) is 1. The molecule has 0 amide bonds. The van der Waals surface area contributed by atoms with Crippen molar-refractivity contribution >= 4 is 40.6 Å². The molecule has 0 aliphatic rings. The van der Waals surface area contributed by atoms with Gasteiger partial charge in [0.2, 0.25) is 5.22 Å². The topological polar surface area (TPSA) is 54.0 Å². The van der Waals surface area contributed by atoms with Crippen LogP contribution in [0.3, 0.4) is 0 Å². The number of hydrogen-bond acceptors (Lipinski definition) is 3. The van der Waals surface area contributed by atoms with Gasteiger partial charge in [-0.15, -0.1) is 0 Å². The maximum Gasteiger partial charge on any atom is 0.203 e. The molecule has 0 fully saturated rings. The predicted octanol–water partition coefficient (Wildman–Crippen LogP) is 4.73. The van der Waals surface area contributed by atoms with Crippen LogP contribution in [0.4, 0.5) is 0 Å². The third kappa shape index (κ3) is 2.76. The molecule has 0 aliphatic carbocycles. The minimum absolute atomic E-state index is 0.0367. The van der Waals surface area contributed by atoms with Crippen molar-refractivity contribution in [2.75, 3.05) is 0 Å². The molecule has 3 nitrogen and oxygen atoms in total. The highest BCUT2D eigenvalue weighted by atomic mass is 35.5. The number of rotatable bonds is 3. The van der Waals surface area contributed by atoms with Gasteiger partial charge in [0.1, 0.15) is 5.92 Å². The lowest BCUT2D eigenvalue weighted by Crippen LogP contribution is -2.11. The van der Waals surface area contributed by atoms with Crippen LogP contribution >= 0.6 is 34.8 Å². The largest absolute Gasteiger partial charge is 0.452 e. The van der Waals surface area contributed by atoms with E-state index in [0.717, 1.165) is 0 Å². The summed E-state index contributed by atoms with van der Waals surface area (Å²) in [5.74, 6) is -1.45. The summed E-state index contributed by atoms with van der Waals surface area (Å²) in [7, 11) is 0. The monoisotopic (exact) mass is 313 g/mol. The van der Waals surface area contributed by atoms with Crippen LogP contribution < -0.4 is 0 Å². The molecule has 19 heavy (non-hydrogen) atoms. The smallest absolute Gasteiger partial charge is 0.203 e. The Morgan fingerprint density at radius 2 is 1.95 bits per heavy atom. The van der Waals surface area contributed by atoms with Crippen molar-refractivity contribution < 1.29 is 9.21 Å². The van der Waals surface area contributed by atoms with Crippen LogP contribution in [0, 0.1) is 11.3 Å². The first-order chi connectivity index (χ1) is 9.04. The SMILES string of the molecule is N#CC(C(=O)c1ccoc1Cl)c1ccc(Cl)c(Cl)c1. The number of halogens is 3. The average molecular weight is 315 g/mol. The number of benzene rings is 1. The van der Waals surface area contributed by atoms with Gasteiger partial charge < -0.3 is 4.42 Å². The standard InChI is InChI=1S/C13H6Cl3NO2/c14-10-2-1-7(5-11(10)15)9(6-17)12(18)8-3-4-19-13(8)16/h1-5,9H. The summed E-state index contributed by atoms with van der Waals surface area (Å²) in [6.45, 7) is 0. The Morgan fingerprint density at radius 3 is 2.47 bits per heavy atom. The van der Waals surface area contributed by atoms with Gasteiger partial charge in [-0.2, -0.15) is 5.26 Å². The minimum Gasteiger partial charge on any atom is -0.452 e. The Balaban J connectivity index is 2.41. The lowest BCUT2D eigenvalue weighted by Gasteiger charge is -2.08. The molecule has 0 saturated carbocycles. The molecule has 1 aromatic heterocycles. The summed E-state index contributed by atoms with van der Waals surface area (Å²) < 4.78 is 4.85. The van der Waals surface area contributed by atoms with Crippen molar-refractivity contribution in [1.82, 2.24) is 0 Å². The van der Waals surface area contributed by atoms with Crippen molar-refractivity contribution in [2.45, 2.75) is 5.92 Å². The number of Topliss-reactive ketones (excluding diaryl/α,β-unsaturated/α-hetero) is 1. The van der Waals surface area contributed by atoms with Crippen molar-refractivity contribution in [1.29, 1.82) is 5.26 Å². The molecule has 2 aromatic rings. The Labute approximate surface area is 124 Å². The van der Waals surface area contributed by atoms with E-state index >= 15 is 0 Å². The van der Waals surface area contributed by atoms with Crippen LogP contribution in [-0.2, 0) is 0 Å². The zero-order valence-corrected chi connectivity index (χ0v) is 11.6. The molecule has 96 valence electrons. The van der Waals surface area contributed by atoms with Gasteiger partial charge in [0.05, 0.1) is 27.9 Å². The molecule has 0 aliphatic heterocycles. The predicted molar refractivity (Wildman–Crippen MR) is 72.9 cm³/mol. The van der Waals surface area contributed by atoms with Crippen LogP contribution in [0.25, 0.3) is 0 Å². The summed E-state index contributed by atoms with van der Waals surface area (Å²) in [5.41, 5.74) is 0.624. The number of hydrogen-bond donors (Lipinski definition) is 0. The van der Waals surface area contributed by atoms with Crippen molar-refractivity contribution in [2.24, 2.45) is 0 Å². The van der Waals surface area contributed by atoms with Crippen LogP contribution in [-0.4, -0.2) is 5.78 Å². The molecule has 0 saturated heterocycles. The molecule has 0 radical (unpaired) electrons. The number of furan rings is 1. The second-order valence-electron chi connectivity index (χ2n) is 3.71. The quantitative estimate of drug-likeness (QED) is 0.770. The fraction of sp³-hybridized carbons (Fsp3) is 0.0769. The Morgan fingerprint density at radius 1 is 1.21 bits per heavy atom. The van der Waals surface area contributed by atoms with Crippen molar-refractivity contribution in [3.05, 3.63) is 56.9 Å². The fourth-order valence-corrected chi connectivity index (χ4v) is 2.12. The normalized spacial score (nSPS) is 11.9. The minimum atomic E-state index is -1.01. The van der Waals surface area contributed by atoms with Crippen molar-refractivity contribution in [3.63, 3.8) is 0 Å². The molecule has 2 rings (SSSR count). The Hall–Kier alpha value is -1.47. The van der Waals surface area contributed by atoms with E-state index in [4.69, 9.17) is 39.2 Å². The highest BCUT2D eigenvalue weighted by Gasteiger charge is 2.25. The zero-order valence-electron chi connectivity index (χ0n) is 9.36. The average Bonchev–Trinajstić information content (AvgIpc) is 2.80. The van der Waals surface area contributed by atoms with Gasteiger partial charge in [-0.1, -0.05) is 29.3 Å². The molecule has 0 bridgehead atoms. The number of nitriles is 1. The molecule has 0 N–H and O–H groups in total. The van der Waals surface area contributed by atoms with Gasteiger partial charge >= 0.3 is 0 Å². The molecule has 1 atom stereocenters. The van der Waals surface area contributed by atoms with E-state index in [0.29, 0.717) is 10.6 Å².